The molecule has 1 aromatic heterocycles. The van der Waals surface area contributed by atoms with E-state index >= 15 is 0 Å². The first-order valence-electron chi connectivity index (χ1n) is 9.30. The van der Waals surface area contributed by atoms with Crippen LogP contribution in [0.15, 0.2) is 18.2 Å². The predicted molar refractivity (Wildman–Crippen MR) is 115 cm³/mol. The molecule has 0 aliphatic rings. The van der Waals surface area contributed by atoms with Crippen molar-refractivity contribution in [2.45, 2.75) is 6.42 Å². The lowest BCUT2D eigenvalue weighted by Crippen LogP contribution is -2.27. The summed E-state index contributed by atoms with van der Waals surface area (Å²) in [6, 6.07) is 5.38. The number of nitrogens with one attached hydrogen (secondary N) is 2. The second-order valence-electron chi connectivity index (χ2n) is 6.17. The van der Waals surface area contributed by atoms with Crippen molar-refractivity contribution in [2.24, 2.45) is 7.05 Å². The zero-order valence-corrected chi connectivity index (χ0v) is 17.7. The van der Waals surface area contributed by atoms with Gasteiger partial charge in [0.05, 0.1) is 20.8 Å². The van der Waals surface area contributed by atoms with E-state index in [0.717, 1.165) is 12.0 Å². The van der Waals surface area contributed by atoms with Gasteiger partial charge < -0.3 is 29.4 Å². The van der Waals surface area contributed by atoms with Gasteiger partial charge in [0.25, 0.3) is 5.91 Å². The number of carbonyl (C=O) groups excluding carboxylic acids is 1. The fourth-order valence-corrected chi connectivity index (χ4v) is 2.67. The predicted octanol–water partition coefficient (Wildman–Crippen LogP) is 1.65. The average molecular weight is 410 g/mol. The number of methoxy groups -OCH3 is 3. The van der Waals surface area contributed by atoms with Crippen molar-refractivity contribution >= 4 is 11.7 Å². The highest BCUT2D eigenvalue weighted by Gasteiger charge is 2.20. The normalized spacial score (nSPS) is 9.83. The maximum absolute atomic E-state index is 12.6. The molecular formula is C22H26N4O4. The molecule has 0 fully saturated rings. The minimum absolute atomic E-state index is 0.125. The van der Waals surface area contributed by atoms with Crippen LogP contribution in [0.4, 0.5) is 5.82 Å². The van der Waals surface area contributed by atoms with E-state index < -0.39 is 0 Å². The number of hydrogen-bond donors (Lipinski definition) is 2. The summed E-state index contributed by atoms with van der Waals surface area (Å²) in [7, 11) is 6.51. The van der Waals surface area contributed by atoms with Gasteiger partial charge in [-0.05, 0) is 30.5 Å². The number of rotatable bonds is 9. The third-order valence-electron chi connectivity index (χ3n) is 4.18. The zero-order chi connectivity index (χ0) is 21.9. The topological polar surface area (TPSA) is 86.6 Å². The third kappa shape index (κ3) is 5.69. The number of terminal acetylenes is 1. The minimum atomic E-state index is -0.323. The molecule has 1 aromatic carbocycles. The Morgan fingerprint density at radius 2 is 1.97 bits per heavy atom. The Morgan fingerprint density at radius 3 is 2.63 bits per heavy atom. The summed E-state index contributed by atoms with van der Waals surface area (Å²) in [5.74, 6) is 10.2. The zero-order valence-electron chi connectivity index (χ0n) is 17.7. The average Bonchev–Trinajstić information content (AvgIpc) is 3.08. The van der Waals surface area contributed by atoms with Crippen molar-refractivity contribution in [3.63, 3.8) is 0 Å². The Labute approximate surface area is 176 Å². The van der Waals surface area contributed by atoms with Gasteiger partial charge in [-0.15, -0.1) is 6.42 Å². The molecule has 8 heteroatoms. The number of nitrogens with zero attached hydrogens (tertiary/aromatic N) is 2. The molecule has 0 bridgehead atoms. The smallest absolute Gasteiger partial charge is 0.272 e. The van der Waals surface area contributed by atoms with Crippen molar-refractivity contribution in [1.82, 2.24) is 14.9 Å². The highest BCUT2D eigenvalue weighted by molar-refractivity contribution is 5.97. The quantitative estimate of drug-likeness (QED) is 0.483. The summed E-state index contributed by atoms with van der Waals surface area (Å²) in [5.41, 5.74) is 1.09. The van der Waals surface area contributed by atoms with E-state index in [1.54, 1.807) is 45.1 Å². The molecule has 0 aliphatic heterocycles. The lowest BCUT2D eigenvalue weighted by molar-refractivity contribution is 0.0951. The van der Waals surface area contributed by atoms with Crippen molar-refractivity contribution in [1.29, 1.82) is 0 Å². The van der Waals surface area contributed by atoms with Crippen LogP contribution in [-0.2, 0) is 11.8 Å². The number of carbonyl (C=O) groups is 1. The fraction of sp³-hybridized carbons (Fsp3) is 0.364. The molecule has 8 nitrogen and oxygen atoms in total. The number of ether oxygens (including phenoxy) is 3. The van der Waals surface area contributed by atoms with Gasteiger partial charge in [-0.3, -0.25) is 4.79 Å². The van der Waals surface area contributed by atoms with Crippen molar-refractivity contribution in [3.8, 4) is 35.7 Å². The molecule has 0 unspecified atom stereocenters. The van der Waals surface area contributed by atoms with Crippen LogP contribution < -0.4 is 20.1 Å². The van der Waals surface area contributed by atoms with Crippen molar-refractivity contribution in [3.05, 3.63) is 35.3 Å². The molecule has 2 aromatic rings. The first-order chi connectivity index (χ1) is 14.5. The molecule has 0 atom stereocenters. The van der Waals surface area contributed by atoms with Gasteiger partial charge in [-0.2, -0.15) is 0 Å². The first kappa shape index (κ1) is 22.7. The van der Waals surface area contributed by atoms with E-state index in [0.29, 0.717) is 42.0 Å². The van der Waals surface area contributed by atoms with Gasteiger partial charge in [0.15, 0.2) is 28.8 Å². The molecule has 30 heavy (non-hydrogen) atoms. The number of benzene rings is 1. The van der Waals surface area contributed by atoms with Crippen LogP contribution in [0.1, 0.15) is 28.3 Å². The monoisotopic (exact) mass is 410 g/mol. The van der Waals surface area contributed by atoms with E-state index in [1.165, 1.54) is 0 Å². The van der Waals surface area contributed by atoms with Crippen LogP contribution in [0.5, 0.6) is 11.5 Å². The molecule has 0 saturated carbocycles. The van der Waals surface area contributed by atoms with Gasteiger partial charge in [0.2, 0.25) is 0 Å². The van der Waals surface area contributed by atoms with Crippen molar-refractivity contribution in [2.75, 3.05) is 46.3 Å². The Bertz CT molecular complexity index is 979. The Hall–Kier alpha value is -3.62. The molecule has 2 N–H and O–H groups in total. The minimum Gasteiger partial charge on any atom is -0.493 e. The molecule has 0 saturated heterocycles. The van der Waals surface area contributed by atoms with E-state index in [2.05, 4.69) is 33.4 Å². The van der Waals surface area contributed by atoms with Gasteiger partial charge >= 0.3 is 0 Å². The van der Waals surface area contributed by atoms with Crippen LogP contribution in [-0.4, -0.2) is 56.5 Å². The Kier molecular flexibility index (Phi) is 8.61. The SMILES string of the molecule is C#CCNC(=O)c1c(NCCCOC)nc(C#Cc2ccc(OC)c(OC)c2)n1C. The molecule has 0 aliphatic carbocycles. The Balaban J connectivity index is 2.34. The molecule has 158 valence electrons. The summed E-state index contributed by atoms with van der Waals surface area (Å²) < 4.78 is 17.2. The van der Waals surface area contributed by atoms with E-state index in [9.17, 15) is 4.79 Å². The fourth-order valence-electron chi connectivity index (χ4n) is 2.67. The van der Waals surface area contributed by atoms with Crippen molar-refractivity contribution < 1.29 is 19.0 Å². The van der Waals surface area contributed by atoms with Crippen LogP contribution >= 0.6 is 0 Å². The first-order valence-corrected chi connectivity index (χ1v) is 9.30. The summed E-state index contributed by atoms with van der Waals surface area (Å²) in [5, 5.41) is 5.84. The Morgan fingerprint density at radius 1 is 1.20 bits per heavy atom. The van der Waals surface area contributed by atoms with Gasteiger partial charge in [0, 0.05) is 32.9 Å². The molecular weight excluding hydrogens is 384 g/mol. The number of anilines is 1. The van der Waals surface area contributed by atoms with Crippen LogP contribution in [0.3, 0.4) is 0 Å². The lowest BCUT2D eigenvalue weighted by atomic mass is 10.2. The van der Waals surface area contributed by atoms with Crippen LogP contribution in [0.2, 0.25) is 0 Å². The number of imidazole rings is 1. The summed E-state index contributed by atoms with van der Waals surface area (Å²) >= 11 is 0. The summed E-state index contributed by atoms with van der Waals surface area (Å²) in [6.07, 6.45) is 6.02. The van der Waals surface area contributed by atoms with Gasteiger partial charge in [0.1, 0.15) is 0 Å². The van der Waals surface area contributed by atoms with Gasteiger partial charge in [-0.25, -0.2) is 4.98 Å². The second kappa shape index (κ2) is 11.4. The highest BCUT2D eigenvalue weighted by Crippen LogP contribution is 2.27. The maximum atomic E-state index is 12.6. The molecule has 1 heterocycles. The highest BCUT2D eigenvalue weighted by atomic mass is 16.5. The number of hydrogen-bond acceptors (Lipinski definition) is 6. The molecule has 1 amide bonds. The number of aromatic nitrogens is 2. The maximum Gasteiger partial charge on any atom is 0.272 e. The van der Waals surface area contributed by atoms with E-state index in [4.69, 9.17) is 20.6 Å². The molecule has 0 radical (unpaired) electrons. The standard InChI is InChI=1S/C22H26N4O4/c1-6-12-24-22(27)20-21(23-13-7-14-28-3)25-19(26(20)2)11-9-16-8-10-17(29-4)18(15-16)30-5/h1,8,10,15,23H,7,12-14H2,2-5H3,(H,24,27). The molecule has 2 rings (SSSR count). The summed E-state index contributed by atoms with van der Waals surface area (Å²) in [6.45, 7) is 1.33. The largest absolute Gasteiger partial charge is 0.493 e. The third-order valence-corrected chi connectivity index (χ3v) is 4.18. The molecule has 0 spiro atoms. The van der Waals surface area contributed by atoms with Crippen LogP contribution in [0, 0.1) is 24.2 Å². The number of amides is 1. The van der Waals surface area contributed by atoms with Gasteiger partial charge in [-0.1, -0.05) is 11.8 Å². The van der Waals surface area contributed by atoms with E-state index in [-0.39, 0.29) is 12.5 Å². The second-order valence-corrected chi connectivity index (χ2v) is 6.17. The summed E-state index contributed by atoms with van der Waals surface area (Å²) in [4.78, 5) is 17.1. The lowest BCUT2D eigenvalue weighted by Gasteiger charge is -2.07. The van der Waals surface area contributed by atoms with Crippen LogP contribution in [0.25, 0.3) is 0 Å². The van der Waals surface area contributed by atoms with E-state index in [1.807, 2.05) is 6.07 Å².